The second-order valence-corrected chi connectivity index (χ2v) is 5.05. The average Bonchev–Trinajstić information content (AvgIpc) is 1.88. The van der Waals surface area contributed by atoms with Crippen molar-refractivity contribution in [3.63, 3.8) is 0 Å². The standard InChI is InChI=1S/C9H11.Al.FH.2H/c1-2-6-9-7-4-3-5-8-9;;;;/h2-5,7-8H,6H2,1H3;;1H;;. The maximum Gasteiger partial charge on any atom is 0.216 e. The monoisotopic (exact) mass is 168 g/mol. The zero-order valence-electron chi connectivity index (χ0n) is 7.08. The van der Waals surface area contributed by atoms with Crippen LogP contribution in [0.15, 0.2) is 30.3 Å². The molecule has 0 nitrogen and oxygen atoms in total. The second-order valence-electron chi connectivity index (χ2n) is 3.08. The molecule has 60 valence electrons. The van der Waals surface area contributed by atoms with Gasteiger partial charge in [-0.2, -0.15) is 0 Å². The van der Waals surface area contributed by atoms with Gasteiger partial charge in [-0.1, -0.05) is 42.0 Å². The average molecular weight is 168 g/mol. The summed E-state index contributed by atoms with van der Waals surface area (Å²) in [7, 11) is 0. The van der Waals surface area contributed by atoms with E-state index in [0.29, 0.717) is 0 Å². The van der Waals surface area contributed by atoms with E-state index in [9.17, 15) is 0 Å². The van der Waals surface area contributed by atoms with Crippen LogP contribution in [0.5, 0.6) is 0 Å². The van der Waals surface area contributed by atoms with Gasteiger partial charge in [0, 0.05) is 0 Å². The van der Waals surface area contributed by atoms with Crippen molar-refractivity contribution >= 4 is 16.3 Å². The van der Waals surface area contributed by atoms with Crippen LogP contribution in [0.2, 0.25) is 4.78 Å². The van der Waals surface area contributed by atoms with Crippen LogP contribution in [0.25, 0.3) is 0 Å². The van der Waals surface area contributed by atoms with Gasteiger partial charge in [-0.15, -0.1) is 0 Å². The zero-order chi connectivity index (χ0) is 7.40. The van der Waals surface area contributed by atoms with Crippen molar-refractivity contribution in [2.24, 2.45) is 0 Å². The smallest absolute Gasteiger partial charge is 0.216 e. The Kier molecular flexibility index (Phi) is 5.19. The van der Waals surface area contributed by atoms with E-state index in [4.69, 9.17) is 0 Å². The molecule has 1 aromatic rings. The van der Waals surface area contributed by atoms with Crippen LogP contribution in [-0.4, -0.2) is 16.3 Å². The molecule has 0 saturated carbocycles. The highest BCUT2D eigenvalue weighted by Crippen LogP contribution is 2.08. The number of rotatable bonds is 2. The molecule has 0 radical (unpaired) electrons. The molecule has 0 bridgehead atoms. The van der Waals surface area contributed by atoms with Gasteiger partial charge in [0.15, 0.2) is 0 Å². The molecule has 0 heterocycles. The van der Waals surface area contributed by atoms with E-state index in [-0.39, 0.29) is 4.70 Å². The summed E-state index contributed by atoms with van der Waals surface area (Å²) in [4.78, 5) is 0. The molecule has 0 fully saturated rings. The molecule has 2 heteroatoms. The minimum absolute atomic E-state index is 0. The van der Waals surface area contributed by atoms with Gasteiger partial charge in [0.05, 0.1) is 0 Å². The van der Waals surface area contributed by atoms with Gasteiger partial charge in [0.25, 0.3) is 0 Å². The van der Waals surface area contributed by atoms with Crippen LogP contribution in [0.3, 0.4) is 0 Å². The maximum atomic E-state index is 2.30. The molecule has 11 heavy (non-hydrogen) atoms. The molecule has 0 amide bonds. The van der Waals surface area contributed by atoms with Crippen molar-refractivity contribution in [1.82, 2.24) is 0 Å². The second kappa shape index (κ2) is 5.35. The molecule has 1 aromatic carbocycles. The Hall–Kier alpha value is -0.318. The molecular formula is C9H14AlF. The summed E-state index contributed by atoms with van der Waals surface area (Å²) in [6.07, 6.45) is 1.26. The highest BCUT2D eigenvalue weighted by molar-refractivity contribution is 6.11. The van der Waals surface area contributed by atoms with Crippen LogP contribution in [0.1, 0.15) is 12.5 Å². The Balaban J connectivity index is 0.000001000. The van der Waals surface area contributed by atoms with Gasteiger partial charge in [-0.05, 0) is 12.0 Å². The fourth-order valence-corrected chi connectivity index (χ4v) is 1.56. The first kappa shape index (κ1) is 10.7. The minimum Gasteiger partial charge on any atom is -0.269 e. The van der Waals surface area contributed by atoms with E-state index >= 15 is 0 Å². The summed E-state index contributed by atoms with van der Waals surface area (Å²) in [5.41, 5.74) is 1.48. The van der Waals surface area contributed by atoms with E-state index in [2.05, 4.69) is 37.3 Å². The van der Waals surface area contributed by atoms with E-state index in [1.54, 1.807) is 0 Å². The van der Waals surface area contributed by atoms with Gasteiger partial charge in [-0.3, -0.25) is 4.70 Å². The van der Waals surface area contributed by atoms with E-state index in [1.165, 1.54) is 28.3 Å². The third kappa shape index (κ3) is 4.19. The molecular weight excluding hydrogens is 154 g/mol. The quantitative estimate of drug-likeness (QED) is 0.591. The van der Waals surface area contributed by atoms with Crippen molar-refractivity contribution in [2.45, 2.75) is 18.1 Å². The fourth-order valence-electron chi connectivity index (χ4n) is 1.09. The lowest BCUT2D eigenvalue weighted by molar-refractivity contribution is 0.916. The van der Waals surface area contributed by atoms with Gasteiger partial charge in [0.2, 0.25) is 16.3 Å². The first-order chi connectivity index (χ1) is 4.79. The maximum absolute atomic E-state index is 2.30. The molecule has 0 aliphatic carbocycles. The summed E-state index contributed by atoms with van der Waals surface area (Å²) < 4.78 is 0.905. The Labute approximate surface area is 75.4 Å². The Morgan fingerprint density at radius 1 is 1.27 bits per heavy atom. The third-order valence-corrected chi connectivity index (χ3v) is 1.90. The van der Waals surface area contributed by atoms with Crippen LogP contribution in [0.4, 0.5) is 4.70 Å². The lowest BCUT2D eigenvalue weighted by Crippen LogP contribution is -1.90. The van der Waals surface area contributed by atoms with Gasteiger partial charge in [0.1, 0.15) is 0 Å². The van der Waals surface area contributed by atoms with Crippen LogP contribution < -0.4 is 0 Å². The Morgan fingerprint density at radius 3 is 2.27 bits per heavy atom. The Morgan fingerprint density at radius 2 is 1.82 bits per heavy atom. The van der Waals surface area contributed by atoms with Crippen molar-refractivity contribution in [1.29, 1.82) is 0 Å². The zero-order valence-corrected chi connectivity index (χ0v) is 9.08. The highest BCUT2D eigenvalue weighted by Gasteiger charge is 1.94. The lowest BCUT2D eigenvalue weighted by atomic mass is 10.1. The number of halogens is 1. The number of hydrogen-bond donors (Lipinski definition) is 0. The fraction of sp³-hybridized carbons (Fsp3) is 0.333. The van der Waals surface area contributed by atoms with Gasteiger partial charge in [-0.25, -0.2) is 0 Å². The minimum atomic E-state index is 0. The molecule has 0 aliphatic rings. The van der Waals surface area contributed by atoms with Crippen LogP contribution in [0, 0.1) is 0 Å². The molecule has 1 atom stereocenters. The van der Waals surface area contributed by atoms with E-state index in [0.717, 1.165) is 4.78 Å². The first-order valence-corrected chi connectivity index (χ1v) is 4.98. The lowest BCUT2D eigenvalue weighted by Gasteiger charge is -2.02. The largest absolute Gasteiger partial charge is 0.269 e. The molecule has 1 unspecified atom stereocenters. The first-order valence-electron chi connectivity index (χ1n) is 3.83. The number of benzene rings is 1. The number of hydrogen-bond acceptors (Lipinski definition) is 0. The van der Waals surface area contributed by atoms with Crippen molar-refractivity contribution in [3.8, 4) is 0 Å². The summed E-state index contributed by atoms with van der Waals surface area (Å²) in [5.74, 6) is 0. The van der Waals surface area contributed by atoms with Crippen LogP contribution >= 0.6 is 0 Å². The van der Waals surface area contributed by atoms with Gasteiger partial charge >= 0.3 is 0 Å². The highest BCUT2D eigenvalue weighted by atomic mass is 27.0. The van der Waals surface area contributed by atoms with Crippen molar-refractivity contribution in [3.05, 3.63) is 35.9 Å². The van der Waals surface area contributed by atoms with Crippen molar-refractivity contribution in [2.75, 3.05) is 0 Å². The van der Waals surface area contributed by atoms with E-state index < -0.39 is 0 Å². The molecule has 0 aliphatic heterocycles. The Bertz CT molecular complexity index is 184. The predicted octanol–water partition coefficient (Wildman–Crippen LogP) is 1.82. The summed E-state index contributed by atoms with van der Waals surface area (Å²) in [5, 5.41) is 0. The molecule has 0 aromatic heterocycles. The third-order valence-electron chi connectivity index (χ3n) is 1.49. The summed E-state index contributed by atoms with van der Waals surface area (Å²) in [6, 6.07) is 10.7. The SMILES string of the molecule is C[CH]([AlH2])Cc1ccccc1.F. The topological polar surface area (TPSA) is 0 Å². The van der Waals surface area contributed by atoms with E-state index in [1.807, 2.05) is 0 Å². The predicted molar refractivity (Wildman–Crippen MR) is 50.6 cm³/mol. The van der Waals surface area contributed by atoms with Crippen LogP contribution in [-0.2, 0) is 6.42 Å². The normalized spacial score (nSPS) is 11.7. The molecule has 0 spiro atoms. The summed E-state index contributed by atoms with van der Waals surface area (Å²) in [6.45, 7) is 2.30. The molecule has 0 saturated heterocycles. The van der Waals surface area contributed by atoms with Gasteiger partial charge < -0.3 is 0 Å². The van der Waals surface area contributed by atoms with Crippen molar-refractivity contribution < 1.29 is 4.70 Å². The molecule has 0 N–H and O–H groups in total. The molecule has 1 rings (SSSR count). The summed E-state index contributed by atoms with van der Waals surface area (Å²) >= 11 is 1.30.